The Kier molecular flexibility index (Phi) is 5.74. The lowest BCUT2D eigenvalue weighted by atomic mass is 10.2. The molecule has 0 fully saturated rings. The van der Waals surface area contributed by atoms with Crippen LogP contribution in [-0.2, 0) is 4.79 Å². The van der Waals surface area contributed by atoms with Gasteiger partial charge in [-0.15, -0.1) is 0 Å². The van der Waals surface area contributed by atoms with Crippen LogP contribution in [0.25, 0.3) is 0 Å². The highest BCUT2D eigenvalue weighted by atomic mass is 16.5. The third-order valence-corrected chi connectivity index (χ3v) is 3.12. The fourth-order valence-corrected chi connectivity index (χ4v) is 1.97. The van der Waals surface area contributed by atoms with Crippen LogP contribution in [0.4, 0.5) is 5.69 Å². The van der Waals surface area contributed by atoms with Gasteiger partial charge < -0.3 is 14.8 Å². The van der Waals surface area contributed by atoms with E-state index < -0.39 is 6.10 Å². The van der Waals surface area contributed by atoms with Gasteiger partial charge in [0.15, 0.2) is 17.6 Å². The van der Waals surface area contributed by atoms with Crippen molar-refractivity contribution in [2.45, 2.75) is 20.0 Å². The Bertz CT molecular complexity index is 670. The normalized spacial score (nSPS) is 11.4. The van der Waals surface area contributed by atoms with Crippen molar-refractivity contribution < 1.29 is 19.1 Å². The molecule has 1 atom stereocenters. The molecule has 120 valence electrons. The summed E-state index contributed by atoms with van der Waals surface area (Å²) in [6.45, 7) is 3.92. The van der Waals surface area contributed by atoms with Crippen LogP contribution >= 0.6 is 0 Å². The molecule has 0 heterocycles. The van der Waals surface area contributed by atoms with Gasteiger partial charge in [0.05, 0.1) is 6.61 Å². The van der Waals surface area contributed by atoms with Crippen molar-refractivity contribution in [3.05, 3.63) is 54.1 Å². The van der Waals surface area contributed by atoms with E-state index in [0.29, 0.717) is 29.4 Å². The molecule has 2 aromatic carbocycles. The Morgan fingerprint density at radius 3 is 2.57 bits per heavy atom. The monoisotopic (exact) mass is 313 g/mol. The molecular formula is C18H19NO4. The van der Waals surface area contributed by atoms with E-state index in [1.54, 1.807) is 37.3 Å². The highest BCUT2D eigenvalue weighted by Gasteiger charge is 2.17. The summed E-state index contributed by atoms with van der Waals surface area (Å²) in [6.07, 6.45) is 0.0224. The van der Waals surface area contributed by atoms with E-state index in [1.807, 2.05) is 25.1 Å². The van der Waals surface area contributed by atoms with Crippen LogP contribution in [0.15, 0.2) is 48.5 Å². The number of para-hydroxylation sites is 1. The average molecular weight is 313 g/mol. The second-order valence-electron chi connectivity index (χ2n) is 4.87. The summed E-state index contributed by atoms with van der Waals surface area (Å²) in [4.78, 5) is 23.0. The number of hydrogen-bond acceptors (Lipinski definition) is 4. The fraction of sp³-hybridized carbons (Fsp3) is 0.222. The minimum Gasteiger partial charge on any atom is -0.490 e. The molecule has 1 N–H and O–H groups in total. The molecule has 0 aliphatic heterocycles. The van der Waals surface area contributed by atoms with Crippen LogP contribution in [0.3, 0.4) is 0 Å². The summed E-state index contributed by atoms with van der Waals surface area (Å²) < 4.78 is 11.1. The van der Waals surface area contributed by atoms with Crippen LogP contribution in [0.2, 0.25) is 0 Å². The molecule has 0 bridgehead atoms. The minimum absolute atomic E-state index is 0.266. The summed E-state index contributed by atoms with van der Waals surface area (Å²) >= 11 is 0. The smallest absolute Gasteiger partial charge is 0.265 e. The van der Waals surface area contributed by atoms with Gasteiger partial charge in [-0.25, -0.2) is 0 Å². The first-order chi connectivity index (χ1) is 11.1. The van der Waals surface area contributed by atoms with Gasteiger partial charge in [0.2, 0.25) is 0 Å². The molecular weight excluding hydrogens is 294 g/mol. The van der Waals surface area contributed by atoms with Crippen LogP contribution in [0, 0.1) is 0 Å². The second kappa shape index (κ2) is 7.98. The molecule has 0 saturated carbocycles. The lowest BCUT2D eigenvalue weighted by Gasteiger charge is -2.17. The Labute approximate surface area is 135 Å². The number of rotatable bonds is 7. The maximum Gasteiger partial charge on any atom is 0.265 e. The van der Waals surface area contributed by atoms with Crippen LogP contribution in [0.1, 0.15) is 24.2 Å². The first-order valence-corrected chi connectivity index (χ1v) is 7.38. The van der Waals surface area contributed by atoms with Crippen molar-refractivity contribution in [1.82, 2.24) is 0 Å². The van der Waals surface area contributed by atoms with Crippen LogP contribution < -0.4 is 14.8 Å². The molecule has 0 aliphatic rings. The van der Waals surface area contributed by atoms with E-state index in [9.17, 15) is 9.59 Å². The Morgan fingerprint density at radius 1 is 1.17 bits per heavy atom. The molecule has 5 nitrogen and oxygen atoms in total. The van der Waals surface area contributed by atoms with Crippen molar-refractivity contribution in [2.24, 2.45) is 0 Å². The van der Waals surface area contributed by atoms with E-state index in [1.165, 1.54) is 0 Å². The number of nitrogens with one attached hydrogen (secondary N) is 1. The summed E-state index contributed by atoms with van der Waals surface area (Å²) in [5.74, 6) is 0.600. The number of hydrogen-bond donors (Lipinski definition) is 1. The number of benzene rings is 2. The highest BCUT2D eigenvalue weighted by Crippen LogP contribution is 2.29. The van der Waals surface area contributed by atoms with Crippen LogP contribution in [-0.4, -0.2) is 24.9 Å². The van der Waals surface area contributed by atoms with Gasteiger partial charge in [-0.1, -0.05) is 18.2 Å². The molecule has 0 aliphatic carbocycles. The largest absolute Gasteiger partial charge is 0.490 e. The molecule has 0 radical (unpaired) electrons. The molecule has 2 aromatic rings. The molecule has 23 heavy (non-hydrogen) atoms. The summed E-state index contributed by atoms with van der Waals surface area (Å²) in [6, 6.07) is 14.0. The number of ether oxygens (including phenoxy) is 2. The van der Waals surface area contributed by atoms with Gasteiger partial charge in [-0.05, 0) is 44.2 Å². The van der Waals surface area contributed by atoms with Crippen molar-refractivity contribution in [2.75, 3.05) is 11.9 Å². The summed E-state index contributed by atoms with van der Waals surface area (Å²) in [5.41, 5.74) is 1.19. The molecule has 0 unspecified atom stereocenters. The van der Waals surface area contributed by atoms with Crippen LogP contribution in [0.5, 0.6) is 11.5 Å². The predicted molar refractivity (Wildman–Crippen MR) is 88.2 cm³/mol. The second-order valence-corrected chi connectivity index (χ2v) is 4.87. The van der Waals surface area contributed by atoms with Gasteiger partial charge >= 0.3 is 0 Å². The van der Waals surface area contributed by atoms with E-state index in [-0.39, 0.29) is 5.91 Å². The van der Waals surface area contributed by atoms with Gasteiger partial charge in [0.25, 0.3) is 5.91 Å². The minimum atomic E-state index is -0.712. The SMILES string of the molecule is CCOc1cc(C=O)ccc1O[C@H](C)C(=O)Nc1ccccc1. The summed E-state index contributed by atoms with van der Waals surface area (Å²) in [7, 11) is 0. The Balaban J connectivity index is 2.08. The van der Waals surface area contributed by atoms with Gasteiger partial charge in [-0.2, -0.15) is 0 Å². The zero-order valence-corrected chi connectivity index (χ0v) is 13.1. The Morgan fingerprint density at radius 2 is 1.91 bits per heavy atom. The number of amides is 1. The molecule has 0 saturated heterocycles. The molecule has 2 rings (SSSR count). The topological polar surface area (TPSA) is 64.6 Å². The maximum atomic E-state index is 12.2. The van der Waals surface area contributed by atoms with Gasteiger partial charge in [0.1, 0.15) is 6.29 Å². The fourth-order valence-electron chi connectivity index (χ4n) is 1.97. The molecule has 5 heteroatoms. The van der Waals surface area contributed by atoms with Crippen molar-refractivity contribution in [3.63, 3.8) is 0 Å². The van der Waals surface area contributed by atoms with Crippen molar-refractivity contribution >= 4 is 17.9 Å². The lowest BCUT2D eigenvalue weighted by Crippen LogP contribution is -2.30. The number of aldehydes is 1. The zero-order valence-electron chi connectivity index (χ0n) is 13.1. The van der Waals surface area contributed by atoms with E-state index in [0.717, 1.165) is 6.29 Å². The molecule has 0 aromatic heterocycles. The average Bonchev–Trinajstić information content (AvgIpc) is 2.57. The predicted octanol–water partition coefficient (Wildman–Crippen LogP) is 3.30. The quantitative estimate of drug-likeness (QED) is 0.797. The molecule has 1 amide bonds. The van der Waals surface area contributed by atoms with E-state index in [4.69, 9.17) is 9.47 Å². The van der Waals surface area contributed by atoms with Gasteiger partial charge in [0, 0.05) is 11.3 Å². The molecule has 0 spiro atoms. The number of carbonyl (C=O) groups excluding carboxylic acids is 2. The first-order valence-electron chi connectivity index (χ1n) is 7.38. The van der Waals surface area contributed by atoms with Crippen molar-refractivity contribution in [3.8, 4) is 11.5 Å². The number of anilines is 1. The summed E-state index contributed by atoms with van der Waals surface area (Å²) in [5, 5.41) is 2.78. The zero-order chi connectivity index (χ0) is 16.7. The van der Waals surface area contributed by atoms with E-state index in [2.05, 4.69) is 5.32 Å². The first kappa shape index (κ1) is 16.5. The standard InChI is InChI=1S/C18H19NO4/c1-3-22-17-11-14(12-20)9-10-16(17)23-13(2)18(21)19-15-7-5-4-6-8-15/h4-13H,3H2,1-2H3,(H,19,21)/t13-/m1/s1. The third-order valence-electron chi connectivity index (χ3n) is 3.12. The van der Waals surface area contributed by atoms with Gasteiger partial charge in [-0.3, -0.25) is 9.59 Å². The van der Waals surface area contributed by atoms with E-state index >= 15 is 0 Å². The Hall–Kier alpha value is -2.82. The lowest BCUT2D eigenvalue weighted by molar-refractivity contribution is -0.122. The highest BCUT2D eigenvalue weighted by molar-refractivity contribution is 5.94. The number of carbonyl (C=O) groups is 2. The maximum absolute atomic E-state index is 12.2. The van der Waals surface area contributed by atoms with Crippen molar-refractivity contribution in [1.29, 1.82) is 0 Å². The third kappa shape index (κ3) is 4.57.